The molecule has 2 aromatic rings. The van der Waals surface area contributed by atoms with Crippen LogP contribution in [0.2, 0.25) is 0 Å². The van der Waals surface area contributed by atoms with Gasteiger partial charge >= 0.3 is 0 Å². The van der Waals surface area contributed by atoms with Crippen LogP contribution in [0.4, 0.5) is 8.78 Å². The zero-order chi connectivity index (χ0) is 22.6. The van der Waals surface area contributed by atoms with E-state index in [0.717, 1.165) is 38.3 Å². The highest BCUT2D eigenvalue weighted by molar-refractivity contribution is 6.36. The van der Waals surface area contributed by atoms with Crippen LogP contribution in [0.5, 0.6) is 0 Å². The Balaban J connectivity index is 1.94. The number of benzene rings is 2. The maximum atomic E-state index is 13.8. The van der Waals surface area contributed by atoms with E-state index >= 15 is 0 Å². The predicted molar refractivity (Wildman–Crippen MR) is 121 cm³/mol. The van der Waals surface area contributed by atoms with E-state index < -0.39 is 17.3 Å². The topological polar surface area (TPSA) is 32.7 Å². The first kappa shape index (κ1) is 23.3. The van der Waals surface area contributed by atoms with Crippen molar-refractivity contribution in [2.45, 2.75) is 52.1 Å². The molecule has 166 valence electrons. The van der Waals surface area contributed by atoms with Gasteiger partial charge in [-0.1, -0.05) is 43.7 Å². The van der Waals surface area contributed by atoms with Gasteiger partial charge in [-0.3, -0.25) is 14.7 Å². The second kappa shape index (κ2) is 9.82. The van der Waals surface area contributed by atoms with Crippen LogP contribution in [0, 0.1) is 30.4 Å². The molecule has 0 spiro atoms. The van der Waals surface area contributed by atoms with E-state index in [-0.39, 0.29) is 11.3 Å². The summed E-state index contributed by atoms with van der Waals surface area (Å²) in [4.78, 5) is 19.1. The molecule has 5 heteroatoms. The summed E-state index contributed by atoms with van der Waals surface area (Å²) in [5, 5.41) is 0. The van der Waals surface area contributed by atoms with Crippen molar-refractivity contribution in [1.29, 1.82) is 0 Å². The average molecular weight is 427 g/mol. The van der Waals surface area contributed by atoms with Gasteiger partial charge in [-0.15, -0.1) is 0 Å². The lowest BCUT2D eigenvalue weighted by molar-refractivity contribution is -0.102. The molecular weight excluding hydrogens is 394 g/mol. The van der Waals surface area contributed by atoms with Crippen molar-refractivity contribution in [2.24, 2.45) is 16.8 Å². The molecule has 1 fully saturated rings. The second-order valence-corrected chi connectivity index (χ2v) is 9.27. The number of rotatable bonds is 7. The van der Waals surface area contributed by atoms with Crippen molar-refractivity contribution in [3.63, 3.8) is 0 Å². The predicted octanol–water partition coefficient (Wildman–Crippen LogP) is 5.59. The molecule has 2 aromatic carbocycles. The lowest BCUT2D eigenvalue weighted by Gasteiger charge is -2.46. The maximum absolute atomic E-state index is 13.8. The SMILES string of the molecule is Cc1ccc(CCN(C)C2(/N=C(\C=O)c3cc(F)cc(F)c3)CC(C)CC(C)C2)cc1. The molecule has 1 aliphatic carbocycles. The monoisotopic (exact) mass is 426 g/mol. The summed E-state index contributed by atoms with van der Waals surface area (Å²) in [5.41, 5.74) is 2.18. The molecule has 0 N–H and O–H groups in total. The Hall–Kier alpha value is -2.40. The van der Waals surface area contributed by atoms with Crippen LogP contribution in [-0.4, -0.2) is 36.2 Å². The normalized spacial score (nSPS) is 24.4. The maximum Gasteiger partial charge on any atom is 0.168 e. The highest BCUT2D eigenvalue weighted by Crippen LogP contribution is 2.41. The van der Waals surface area contributed by atoms with Gasteiger partial charge in [0.15, 0.2) is 6.29 Å². The molecular formula is C26H32F2N2O. The molecule has 0 saturated heterocycles. The van der Waals surface area contributed by atoms with Gasteiger partial charge in [0.25, 0.3) is 0 Å². The molecule has 31 heavy (non-hydrogen) atoms. The Morgan fingerprint density at radius 1 is 1.10 bits per heavy atom. The average Bonchev–Trinajstić information content (AvgIpc) is 2.70. The molecule has 0 aromatic heterocycles. The lowest BCUT2D eigenvalue weighted by atomic mass is 9.75. The van der Waals surface area contributed by atoms with Crippen LogP contribution in [0.3, 0.4) is 0 Å². The third-order valence-corrected chi connectivity index (χ3v) is 6.32. The molecule has 2 atom stereocenters. The van der Waals surface area contributed by atoms with E-state index in [2.05, 4.69) is 49.9 Å². The van der Waals surface area contributed by atoms with Gasteiger partial charge in [-0.25, -0.2) is 8.78 Å². The highest BCUT2D eigenvalue weighted by atomic mass is 19.1. The van der Waals surface area contributed by atoms with Crippen LogP contribution in [0.25, 0.3) is 0 Å². The van der Waals surface area contributed by atoms with E-state index in [1.807, 2.05) is 7.05 Å². The zero-order valence-electron chi connectivity index (χ0n) is 18.9. The van der Waals surface area contributed by atoms with Crippen molar-refractivity contribution in [2.75, 3.05) is 13.6 Å². The van der Waals surface area contributed by atoms with Crippen molar-refractivity contribution < 1.29 is 13.6 Å². The number of aliphatic imine (C=N–C) groups is 1. The highest BCUT2D eigenvalue weighted by Gasteiger charge is 2.41. The Kier molecular flexibility index (Phi) is 7.37. The third-order valence-electron chi connectivity index (χ3n) is 6.32. The summed E-state index contributed by atoms with van der Waals surface area (Å²) in [7, 11) is 2.04. The largest absolute Gasteiger partial charge is 0.296 e. The molecule has 0 aliphatic heterocycles. The lowest BCUT2D eigenvalue weighted by Crippen LogP contribution is -2.51. The quantitative estimate of drug-likeness (QED) is 0.427. The zero-order valence-corrected chi connectivity index (χ0v) is 18.9. The first-order valence-electron chi connectivity index (χ1n) is 11.0. The number of nitrogens with zero attached hydrogens (tertiary/aromatic N) is 2. The van der Waals surface area contributed by atoms with Crippen LogP contribution in [0.15, 0.2) is 47.5 Å². The fraction of sp³-hybridized carbons (Fsp3) is 0.462. The smallest absolute Gasteiger partial charge is 0.168 e. The number of carbonyl (C=O) groups is 1. The summed E-state index contributed by atoms with van der Waals surface area (Å²) in [6.07, 6.45) is 4.19. The first-order valence-corrected chi connectivity index (χ1v) is 11.0. The molecule has 0 radical (unpaired) electrons. The Morgan fingerprint density at radius 2 is 1.68 bits per heavy atom. The summed E-state index contributed by atoms with van der Waals surface area (Å²) in [5.74, 6) is -0.550. The number of hydrogen-bond acceptors (Lipinski definition) is 3. The van der Waals surface area contributed by atoms with Crippen molar-refractivity contribution in [3.05, 3.63) is 70.8 Å². The van der Waals surface area contributed by atoms with Gasteiger partial charge in [0.1, 0.15) is 23.0 Å². The van der Waals surface area contributed by atoms with Gasteiger partial charge in [0.05, 0.1) is 0 Å². The minimum absolute atomic E-state index is 0.0990. The van der Waals surface area contributed by atoms with Crippen LogP contribution >= 0.6 is 0 Å². The van der Waals surface area contributed by atoms with E-state index in [1.54, 1.807) is 0 Å². The summed E-state index contributed by atoms with van der Waals surface area (Å²) >= 11 is 0. The minimum atomic E-state index is -0.711. The third kappa shape index (κ3) is 5.85. The molecule has 1 saturated carbocycles. The summed E-state index contributed by atoms with van der Waals surface area (Å²) < 4.78 is 27.6. The number of carbonyl (C=O) groups excluding carboxylic acids is 1. The number of likely N-dealkylation sites (N-methyl/N-ethyl adjacent to an activating group) is 1. The number of aldehydes is 1. The molecule has 3 rings (SSSR count). The van der Waals surface area contributed by atoms with Crippen LogP contribution < -0.4 is 0 Å². The molecule has 3 nitrogen and oxygen atoms in total. The van der Waals surface area contributed by atoms with Gasteiger partial charge < -0.3 is 0 Å². The summed E-state index contributed by atoms with van der Waals surface area (Å²) in [6.45, 7) is 7.25. The van der Waals surface area contributed by atoms with E-state index in [0.29, 0.717) is 18.1 Å². The van der Waals surface area contributed by atoms with E-state index in [4.69, 9.17) is 4.99 Å². The van der Waals surface area contributed by atoms with E-state index in [9.17, 15) is 13.6 Å². The van der Waals surface area contributed by atoms with Crippen molar-refractivity contribution in [3.8, 4) is 0 Å². The van der Waals surface area contributed by atoms with Gasteiger partial charge in [-0.2, -0.15) is 0 Å². The number of hydrogen-bond donors (Lipinski definition) is 0. The van der Waals surface area contributed by atoms with Crippen LogP contribution in [-0.2, 0) is 11.2 Å². The Bertz CT molecular complexity index is 909. The van der Waals surface area contributed by atoms with Crippen molar-refractivity contribution >= 4 is 12.0 Å². The van der Waals surface area contributed by atoms with E-state index in [1.165, 1.54) is 23.3 Å². The molecule has 0 amide bonds. The first-order chi connectivity index (χ1) is 14.7. The van der Waals surface area contributed by atoms with Crippen LogP contribution in [0.1, 0.15) is 49.8 Å². The fourth-order valence-corrected chi connectivity index (χ4v) is 4.89. The van der Waals surface area contributed by atoms with Crippen molar-refractivity contribution in [1.82, 2.24) is 4.90 Å². The fourth-order valence-electron chi connectivity index (χ4n) is 4.89. The van der Waals surface area contributed by atoms with Gasteiger partial charge in [-0.05, 0) is 69.2 Å². The molecule has 0 heterocycles. The Labute approximate surface area is 184 Å². The van der Waals surface area contributed by atoms with Gasteiger partial charge in [0.2, 0.25) is 0 Å². The van der Waals surface area contributed by atoms with Gasteiger partial charge in [0, 0.05) is 18.2 Å². The number of aryl methyl sites for hydroxylation is 1. The molecule has 2 unspecified atom stereocenters. The molecule has 1 aliphatic rings. The Morgan fingerprint density at radius 3 is 2.23 bits per heavy atom. The summed E-state index contributed by atoms with van der Waals surface area (Å²) in [6, 6.07) is 11.6. The number of halogens is 2. The minimum Gasteiger partial charge on any atom is -0.296 e. The second-order valence-electron chi connectivity index (χ2n) is 9.27. The standard InChI is InChI=1S/C26H32F2N2O/c1-18-5-7-21(8-6-18)9-10-30(4)26(15-19(2)11-20(3)16-26)29-25(17-31)22-12-23(27)14-24(28)13-22/h5-8,12-14,17,19-20H,9-11,15-16H2,1-4H3/b29-25+. The molecule has 0 bridgehead atoms.